The van der Waals surface area contributed by atoms with Crippen LogP contribution in [0.3, 0.4) is 0 Å². The van der Waals surface area contributed by atoms with Crippen LogP contribution in [0.5, 0.6) is 11.5 Å². The molecule has 4 heterocycles. The quantitative estimate of drug-likeness (QED) is 0.221. The number of methoxy groups -OCH3 is 1. The zero-order valence-corrected chi connectivity index (χ0v) is 26.2. The average Bonchev–Trinajstić information content (AvgIpc) is 3.51. The zero-order chi connectivity index (χ0) is 32.1. The summed E-state index contributed by atoms with van der Waals surface area (Å²) in [6.45, 7) is 4.16. The fourth-order valence-corrected chi connectivity index (χ4v) is 5.31. The third kappa shape index (κ3) is 6.95. The standard InChI is InChI=1S/C17H20N4O2.C16H18N4O2/c1-4-5-13-15-16(21(2)20-13)17(22)19-14(18-15)10-11-6-8-12(23-3)9-7-11;1-3-4-12-14-15(20(2)19-12)16(22)18-13(17-14)9-10-5-7-11(21)8-6-10/h6-9H,4-5,10H2,1-3H3,(H,18,19,22);5-8,21H,3-4,9H2,1-2H3,(H,17,18,22). The van der Waals surface area contributed by atoms with Crippen LogP contribution in [0.1, 0.15) is 60.9 Å². The molecule has 234 valence electrons. The number of phenols is 1. The number of H-pyrrole nitrogens is 2. The molecule has 0 fully saturated rings. The predicted octanol–water partition coefficient (Wildman–Crippen LogP) is 4.11. The van der Waals surface area contributed by atoms with E-state index in [-0.39, 0.29) is 16.9 Å². The van der Waals surface area contributed by atoms with E-state index in [9.17, 15) is 14.7 Å². The van der Waals surface area contributed by atoms with E-state index in [1.807, 2.05) is 36.4 Å². The smallest absolute Gasteiger partial charge is 0.277 e. The van der Waals surface area contributed by atoms with Gasteiger partial charge in [0.2, 0.25) is 0 Å². The highest BCUT2D eigenvalue weighted by Crippen LogP contribution is 2.18. The molecule has 0 saturated carbocycles. The van der Waals surface area contributed by atoms with Gasteiger partial charge in [-0.3, -0.25) is 19.0 Å². The lowest BCUT2D eigenvalue weighted by Gasteiger charge is -2.04. The second-order valence-electron chi connectivity index (χ2n) is 10.9. The number of fused-ring (bicyclic) bond motifs is 2. The third-order valence-corrected chi connectivity index (χ3v) is 7.44. The van der Waals surface area contributed by atoms with E-state index in [1.54, 1.807) is 42.7 Å². The van der Waals surface area contributed by atoms with E-state index in [2.05, 4.69) is 44.0 Å². The van der Waals surface area contributed by atoms with E-state index >= 15 is 0 Å². The van der Waals surface area contributed by atoms with Gasteiger partial charge in [0.05, 0.1) is 18.5 Å². The van der Waals surface area contributed by atoms with Gasteiger partial charge in [0, 0.05) is 26.9 Å². The minimum atomic E-state index is -0.170. The maximum atomic E-state index is 12.4. The van der Waals surface area contributed by atoms with Crippen LogP contribution in [0, 0.1) is 0 Å². The Kier molecular flexibility index (Phi) is 9.41. The van der Waals surface area contributed by atoms with Crippen molar-refractivity contribution in [1.82, 2.24) is 39.5 Å². The molecule has 0 unspecified atom stereocenters. The molecule has 0 amide bonds. The lowest BCUT2D eigenvalue weighted by Crippen LogP contribution is -2.14. The molecule has 0 aliphatic rings. The Hall–Kier alpha value is -5.26. The second kappa shape index (κ2) is 13.6. The third-order valence-electron chi connectivity index (χ3n) is 7.44. The highest BCUT2D eigenvalue weighted by Gasteiger charge is 2.16. The number of hydrogen-bond acceptors (Lipinski definition) is 8. The molecule has 6 aromatic rings. The molecule has 0 radical (unpaired) electrons. The van der Waals surface area contributed by atoms with Gasteiger partial charge in [-0.1, -0.05) is 51.0 Å². The minimum Gasteiger partial charge on any atom is -0.508 e. The number of rotatable bonds is 9. The van der Waals surface area contributed by atoms with Crippen LogP contribution < -0.4 is 15.9 Å². The lowest BCUT2D eigenvalue weighted by molar-refractivity contribution is 0.414. The number of aryl methyl sites for hydroxylation is 4. The molecular formula is C33H38N8O4. The number of aromatic hydroxyl groups is 1. The normalized spacial score (nSPS) is 11.1. The largest absolute Gasteiger partial charge is 0.508 e. The summed E-state index contributed by atoms with van der Waals surface area (Å²) in [5, 5.41) is 18.2. The Morgan fingerprint density at radius 3 is 1.53 bits per heavy atom. The van der Waals surface area contributed by atoms with Gasteiger partial charge >= 0.3 is 0 Å². The molecule has 3 N–H and O–H groups in total. The molecule has 0 aliphatic heterocycles. The minimum absolute atomic E-state index is 0.143. The van der Waals surface area contributed by atoms with Crippen LogP contribution in [0.15, 0.2) is 58.1 Å². The number of nitrogens with one attached hydrogen (secondary N) is 2. The summed E-state index contributed by atoms with van der Waals surface area (Å²) in [6, 6.07) is 14.6. The number of benzene rings is 2. The Morgan fingerprint density at radius 1 is 0.711 bits per heavy atom. The Morgan fingerprint density at radius 2 is 1.13 bits per heavy atom. The van der Waals surface area contributed by atoms with E-state index in [4.69, 9.17) is 4.74 Å². The molecule has 6 rings (SSSR count). The first-order valence-electron chi connectivity index (χ1n) is 15.0. The van der Waals surface area contributed by atoms with Crippen molar-refractivity contribution >= 4 is 22.1 Å². The van der Waals surface area contributed by atoms with Gasteiger partial charge in [-0.05, 0) is 48.2 Å². The van der Waals surface area contributed by atoms with Crippen molar-refractivity contribution in [3.8, 4) is 11.5 Å². The van der Waals surface area contributed by atoms with Gasteiger partial charge in [-0.2, -0.15) is 10.2 Å². The van der Waals surface area contributed by atoms with Gasteiger partial charge in [0.25, 0.3) is 11.1 Å². The van der Waals surface area contributed by atoms with E-state index in [1.165, 1.54) is 0 Å². The van der Waals surface area contributed by atoms with Crippen molar-refractivity contribution in [3.05, 3.63) is 103 Å². The molecule has 2 aromatic carbocycles. The van der Waals surface area contributed by atoms with Crippen LogP contribution >= 0.6 is 0 Å². The summed E-state index contributed by atoms with van der Waals surface area (Å²) in [5.41, 5.74) is 5.90. The topological polar surface area (TPSA) is 157 Å². The summed E-state index contributed by atoms with van der Waals surface area (Å²) >= 11 is 0. The highest BCUT2D eigenvalue weighted by atomic mass is 16.5. The van der Waals surface area contributed by atoms with Crippen LogP contribution in [0.25, 0.3) is 22.1 Å². The van der Waals surface area contributed by atoms with Gasteiger partial charge in [-0.25, -0.2) is 9.97 Å². The number of hydrogen-bond donors (Lipinski definition) is 3. The predicted molar refractivity (Wildman–Crippen MR) is 173 cm³/mol. The Labute approximate surface area is 259 Å². The first-order chi connectivity index (χ1) is 21.7. The van der Waals surface area contributed by atoms with E-state index in [0.29, 0.717) is 46.6 Å². The first kappa shape index (κ1) is 31.2. The van der Waals surface area contributed by atoms with Gasteiger partial charge in [0.15, 0.2) is 11.0 Å². The van der Waals surface area contributed by atoms with Gasteiger partial charge in [0.1, 0.15) is 34.2 Å². The fourth-order valence-electron chi connectivity index (χ4n) is 5.31. The van der Waals surface area contributed by atoms with Crippen molar-refractivity contribution in [2.75, 3.05) is 7.11 Å². The molecule has 0 atom stereocenters. The van der Waals surface area contributed by atoms with Crippen molar-refractivity contribution in [2.24, 2.45) is 14.1 Å². The summed E-state index contributed by atoms with van der Waals surface area (Å²) in [6.07, 6.45) is 4.60. The number of nitrogens with zero attached hydrogens (tertiary/aromatic N) is 6. The number of phenolic OH excluding ortho intramolecular Hbond substituents is 1. The molecule has 0 spiro atoms. The zero-order valence-electron chi connectivity index (χ0n) is 26.2. The molecule has 0 saturated heterocycles. The summed E-state index contributed by atoms with van der Waals surface area (Å²) in [4.78, 5) is 39.6. The van der Waals surface area contributed by atoms with E-state index < -0.39 is 0 Å². The first-order valence-corrected chi connectivity index (χ1v) is 15.0. The van der Waals surface area contributed by atoms with Crippen LogP contribution in [0.4, 0.5) is 0 Å². The summed E-state index contributed by atoms with van der Waals surface area (Å²) < 4.78 is 8.37. The van der Waals surface area contributed by atoms with Gasteiger partial charge < -0.3 is 19.8 Å². The van der Waals surface area contributed by atoms with Crippen LogP contribution in [-0.4, -0.2) is 51.7 Å². The Bertz CT molecular complexity index is 2040. The maximum absolute atomic E-state index is 12.4. The average molecular weight is 611 g/mol. The van der Waals surface area contributed by atoms with Crippen molar-refractivity contribution < 1.29 is 9.84 Å². The molecule has 0 bridgehead atoms. The lowest BCUT2D eigenvalue weighted by atomic mass is 10.1. The van der Waals surface area contributed by atoms with Crippen molar-refractivity contribution in [2.45, 2.75) is 52.4 Å². The molecule has 0 aliphatic carbocycles. The number of aromatic nitrogens is 8. The molecule has 12 heteroatoms. The van der Waals surface area contributed by atoms with Crippen molar-refractivity contribution in [3.63, 3.8) is 0 Å². The summed E-state index contributed by atoms with van der Waals surface area (Å²) in [7, 11) is 5.18. The Balaban J connectivity index is 0.000000178. The summed E-state index contributed by atoms with van der Waals surface area (Å²) in [5.74, 6) is 2.29. The number of ether oxygens (including phenoxy) is 1. The maximum Gasteiger partial charge on any atom is 0.277 e. The monoisotopic (exact) mass is 610 g/mol. The molecule has 4 aromatic heterocycles. The van der Waals surface area contributed by atoms with Crippen molar-refractivity contribution in [1.29, 1.82) is 0 Å². The second-order valence-corrected chi connectivity index (χ2v) is 10.9. The van der Waals surface area contributed by atoms with E-state index in [0.717, 1.165) is 53.9 Å². The number of aromatic amines is 2. The van der Waals surface area contributed by atoms with Crippen LogP contribution in [-0.2, 0) is 39.8 Å². The molecule has 12 nitrogen and oxygen atoms in total. The van der Waals surface area contributed by atoms with Gasteiger partial charge in [-0.15, -0.1) is 0 Å². The SMILES string of the molecule is CCCc1nn(C)c2c(=O)[nH]c(Cc3ccc(O)cc3)nc12.CCCc1nn(C)c2c(=O)[nH]c(Cc3ccc(OC)cc3)nc12. The molecular weight excluding hydrogens is 572 g/mol. The van der Waals surface area contributed by atoms with Crippen LogP contribution in [0.2, 0.25) is 0 Å². The molecule has 45 heavy (non-hydrogen) atoms. The highest BCUT2D eigenvalue weighted by molar-refractivity contribution is 5.77. The fraction of sp³-hybridized carbons (Fsp3) is 0.333.